The van der Waals surface area contributed by atoms with Gasteiger partial charge in [0.2, 0.25) is 0 Å². The lowest BCUT2D eigenvalue weighted by Crippen LogP contribution is -2.12. The van der Waals surface area contributed by atoms with Gasteiger partial charge in [0, 0.05) is 22.8 Å². The molecule has 5 heteroatoms. The first-order chi connectivity index (χ1) is 9.69. The second-order valence-electron chi connectivity index (χ2n) is 4.33. The van der Waals surface area contributed by atoms with Gasteiger partial charge in [-0.05, 0) is 36.4 Å². The molecule has 0 aliphatic rings. The molecule has 1 heterocycles. The van der Waals surface area contributed by atoms with E-state index >= 15 is 0 Å². The Balaban J connectivity index is 2.02. The second-order valence-corrected chi connectivity index (χ2v) is 5.19. The Morgan fingerprint density at radius 2 is 2.15 bits per heavy atom. The van der Waals surface area contributed by atoms with Gasteiger partial charge in [-0.2, -0.15) is 0 Å². The topological polar surface area (TPSA) is 34.1 Å². The van der Waals surface area contributed by atoms with Crippen LogP contribution >= 0.6 is 15.9 Å². The largest absolute Gasteiger partial charge is 0.489 e. The fraction of sp³-hybridized carbons (Fsp3) is 0.267. The van der Waals surface area contributed by atoms with E-state index in [9.17, 15) is 4.39 Å². The van der Waals surface area contributed by atoms with Gasteiger partial charge in [0.15, 0.2) is 0 Å². The molecule has 2 rings (SSSR count). The van der Waals surface area contributed by atoms with Crippen LogP contribution in [-0.4, -0.2) is 11.5 Å². The zero-order valence-corrected chi connectivity index (χ0v) is 12.8. The van der Waals surface area contributed by atoms with Gasteiger partial charge < -0.3 is 10.1 Å². The number of nitrogens with zero attached hydrogens (tertiary/aromatic N) is 1. The summed E-state index contributed by atoms with van der Waals surface area (Å²) in [6, 6.07) is 7.23. The summed E-state index contributed by atoms with van der Waals surface area (Å²) in [5.41, 5.74) is 1.84. The van der Waals surface area contributed by atoms with Gasteiger partial charge in [0.1, 0.15) is 18.2 Å². The summed E-state index contributed by atoms with van der Waals surface area (Å²) in [5.74, 6) is 0.403. The fourth-order valence-electron chi connectivity index (χ4n) is 1.74. The van der Waals surface area contributed by atoms with Crippen molar-refractivity contribution in [1.82, 2.24) is 10.3 Å². The zero-order valence-electron chi connectivity index (χ0n) is 11.2. The highest BCUT2D eigenvalue weighted by atomic mass is 79.9. The van der Waals surface area contributed by atoms with E-state index in [1.807, 2.05) is 18.2 Å². The molecule has 1 N–H and O–H groups in total. The first kappa shape index (κ1) is 14.9. The molecule has 2 aromatic rings. The minimum Gasteiger partial charge on any atom is -0.489 e. The quantitative estimate of drug-likeness (QED) is 0.872. The molecule has 3 nitrogen and oxygen atoms in total. The highest BCUT2D eigenvalue weighted by Gasteiger charge is 2.03. The number of benzene rings is 1. The highest BCUT2D eigenvalue weighted by Crippen LogP contribution is 2.23. The summed E-state index contributed by atoms with van der Waals surface area (Å²) in [5, 5.41) is 3.27. The van der Waals surface area contributed by atoms with Crippen LogP contribution in [0.25, 0.3) is 0 Å². The number of ether oxygens (including phenoxy) is 1. The maximum absolute atomic E-state index is 13.0. The Kier molecular flexibility index (Phi) is 5.49. The van der Waals surface area contributed by atoms with Gasteiger partial charge in [0.25, 0.3) is 0 Å². The maximum atomic E-state index is 13.0. The average Bonchev–Trinajstić information content (AvgIpc) is 2.45. The van der Waals surface area contributed by atoms with Gasteiger partial charge >= 0.3 is 0 Å². The minimum absolute atomic E-state index is 0.299. The van der Waals surface area contributed by atoms with E-state index in [2.05, 4.69) is 33.2 Å². The summed E-state index contributed by atoms with van der Waals surface area (Å²) >= 11 is 3.51. The molecule has 0 fully saturated rings. The van der Waals surface area contributed by atoms with Crippen LogP contribution < -0.4 is 10.1 Å². The Bertz CT molecular complexity index is 578. The molecule has 1 aromatic heterocycles. The molecule has 0 saturated carbocycles. The van der Waals surface area contributed by atoms with Crippen molar-refractivity contribution in [3.8, 4) is 5.75 Å². The third kappa shape index (κ3) is 4.28. The Labute approximate surface area is 126 Å². The maximum Gasteiger partial charge on any atom is 0.141 e. The van der Waals surface area contributed by atoms with Crippen molar-refractivity contribution < 1.29 is 9.13 Å². The summed E-state index contributed by atoms with van der Waals surface area (Å²) in [4.78, 5) is 3.80. The molecule has 0 amide bonds. The van der Waals surface area contributed by atoms with E-state index in [-0.39, 0.29) is 5.82 Å². The number of aromatic nitrogens is 1. The lowest BCUT2D eigenvalue weighted by molar-refractivity contribution is 0.304. The Hall–Kier alpha value is -1.46. The SMILES string of the molecule is CCNCc1cc(OCc2cncc(F)c2)ccc1Br. The van der Waals surface area contributed by atoms with Crippen molar-refractivity contribution in [2.75, 3.05) is 6.54 Å². The van der Waals surface area contributed by atoms with Crippen LogP contribution in [0.5, 0.6) is 5.75 Å². The zero-order chi connectivity index (χ0) is 14.4. The van der Waals surface area contributed by atoms with Crippen LogP contribution in [0.15, 0.2) is 41.1 Å². The highest BCUT2D eigenvalue weighted by molar-refractivity contribution is 9.10. The minimum atomic E-state index is -0.352. The van der Waals surface area contributed by atoms with Crippen molar-refractivity contribution >= 4 is 15.9 Å². The standard InChI is InChI=1S/C15H16BrFN2O/c1-2-18-8-12-6-14(3-4-15(12)16)20-10-11-5-13(17)9-19-7-11/h3-7,9,18H,2,8,10H2,1H3. The van der Waals surface area contributed by atoms with Gasteiger partial charge in [-0.1, -0.05) is 22.9 Å². The first-order valence-corrected chi connectivity index (χ1v) is 7.19. The van der Waals surface area contributed by atoms with Crippen molar-refractivity contribution in [1.29, 1.82) is 0 Å². The Morgan fingerprint density at radius 3 is 2.90 bits per heavy atom. The number of hydrogen-bond acceptors (Lipinski definition) is 3. The first-order valence-electron chi connectivity index (χ1n) is 6.40. The van der Waals surface area contributed by atoms with Crippen LogP contribution in [0, 0.1) is 5.82 Å². The van der Waals surface area contributed by atoms with Crippen LogP contribution in [0.3, 0.4) is 0 Å². The van der Waals surface area contributed by atoms with E-state index in [1.54, 1.807) is 6.20 Å². The third-order valence-electron chi connectivity index (χ3n) is 2.75. The molecule has 20 heavy (non-hydrogen) atoms. The van der Waals surface area contributed by atoms with Crippen molar-refractivity contribution in [2.24, 2.45) is 0 Å². The van der Waals surface area contributed by atoms with E-state index in [0.717, 1.165) is 28.9 Å². The molecule has 0 saturated heterocycles. The molecule has 0 bridgehead atoms. The van der Waals surface area contributed by atoms with Crippen molar-refractivity contribution in [2.45, 2.75) is 20.1 Å². The molecule has 0 spiro atoms. The van der Waals surface area contributed by atoms with Crippen LogP contribution in [-0.2, 0) is 13.2 Å². The fourth-order valence-corrected chi connectivity index (χ4v) is 2.12. The molecule has 0 aliphatic heterocycles. The number of halogens is 2. The molecule has 0 aliphatic carbocycles. The smallest absolute Gasteiger partial charge is 0.141 e. The van der Waals surface area contributed by atoms with Crippen LogP contribution in [0.1, 0.15) is 18.1 Å². The molecular weight excluding hydrogens is 323 g/mol. The predicted octanol–water partition coefficient (Wildman–Crippen LogP) is 3.67. The van der Waals surface area contributed by atoms with Crippen LogP contribution in [0.2, 0.25) is 0 Å². The van der Waals surface area contributed by atoms with E-state index < -0.39 is 0 Å². The van der Waals surface area contributed by atoms with Gasteiger partial charge in [-0.25, -0.2) is 4.39 Å². The lowest BCUT2D eigenvalue weighted by atomic mass is 10.2. The summed E-state index contributed by atoms with van der Waals surface area (Å²) < 4.78 is 19.7. The molecule has 106 valence electrons. The Morgan fingerprint density at radius 1 is 1.30 bits per heavy atom. The van der Waals surface area contributed by atoms with Gasteiger partial charge in [-0.3, -0.25) is 4.98 Å². The van der Waals surface area contributed by atoms with Crippen molar-refractivity contribution in [3.63, 3.8) is 0 Å². The molecular formula is C15H16BrFN2O. The number of rotatable bonds is 6. The molecule has 0 unspecified atom stereocenters. The molecule has 1 aromatic carbocycles. The summed E-state index contributed by atoms with van der Waals surface area (Å²) in [7, 11) is 0. The van der Waals surface area contributed by atoms with E-state index in [0.29, 0.717) is 12.2 Å². The number of nitrogens with one attached hydrogen (secondary N) is 1. The van der Waals surface area contributed by atoms with Gasteiger partial charge in [-0.15, -0.1) is 0 Å². The molecule has 0 radical (unpaired) electrons. The predicted molar refractivity (Wildman–Crippen MR) is 80.0 cm³/mol. The normalized spacial score (nSPS) is 10.6. The van der Waals surface area contributed by atoms with Gasteiger partial charge in [0.05, 0.1) is 6.20 Å². The second kappa shape index (κ2) is 7.36. The molecule has 0 atom stereocenters. The number of hydrogen-bond donors (Lipinski definition) is 1. The number of pyridine rings is 1. The monoisotopic (exact) mass is 338 g/mol. The van der Waals surface area contributed by atoms with E-state index in [1.165, 1.54) is 12.3 Å². The lowest BCUT2D eigenvalue weighted by Gasteiger charge is -2.10. The van der Waals surface area contributed by atoms with Crippen LogP contribution in [0.4, 0.5) is 4.39 Å². The van der Waals surface area contributed by atoms with Crippen molar-refractivity contribution in [3.05, 3.63) is 58.1 Å². The van der Waals surface area contributed by atoms with E-state index in [4.69, 9.17) is 4.74 Å². The third-order valence-corrected chi connectivity index (χ3v) is 3.52. The average molecular weight is 339 g/mol. The summed E-state index contributed by atoms with van der Waals surface area (Å²) in [6.45, 7) is 4.04. The summed E-state index contributed by atoms with van der Waals surface area (Å²) in [6.07, 6.45) is 2.78.